The summed E-state index contributed by atoms with van der Waals surface area (Å²) >= 11 is 0. The van der Waals surface area contributed by atoms with Crippen LogP contribution in [0.4, 0.5) is 5.69 Å². The molecule has 4 rings (SSSR count). The molecule has 8 heteroatoms. The van der Waals surface area contributed by atoms with Gasteiger partial charge in [-0.2, -0.15) is 5.10 Å². The van der Waals surface area contributed by atoms with Gasteiger partial charge in [0.25, 0.3) is 0 Å². The molecule has 162 valence electrons. The first-order chi connectivity index (χ1) is 15.5. The molecular formula is C24H21N3O5. The highest BCUT2D eigenvalue weighted by Crippen LogP contribution is 2.29. The molecule has 0 aliphatic heterocycles. The number of hydrogen-bond acceptors (Lipinski definition) is 5. The van der Waals surface area contributed by atoms with E-state index in [0.29, 0.717) is 28.1 Å². The molecule has 0 radical (unpaired) electrons. The van der Waals surface area contributed by atoms with Gasteiger partial charge in [-0.15, -0.1) is 0 Å². The molecule has 1 heterocycles. The second kappa shape index (κ2) is 8.81. The number of methoxy groups -OCH3 is 2. The maximum Gasteiger partial charge on any atom is 0.357 e. The summed E-state index contributed by atoms with van der Waals surface area (Å²) in [5, 5.41) is 19.3. The van der Waals surface area contributed by atoms with Crippen molar-refractivity contribution in [2.24, 2.45) is 0 Å². The number of aromatic amines is 1. The number of carboxylic acid groups (broad SMARTS) is 1. The number of benzene rings is 3. The van der Waals surface area contributed by atoms with Crippen LogP contribution < -0.4 is 14.8 Å². The number of anilines is 1. The van der Waals surface area contributed by atoms with E-state index < -0.39 is 5.97 Å². The zero-order chi connectivity index (χ0) is 22.7. The predicted molar refractivity (Wildman–Crippen MR) is 120 cm³/mol. The Balaban J connectivity index is 1.51. The number of ether oxygens (including phenoxy) is 2. The second-order valence-corrected chi connectivity index (χ2v) is 7.13. The minimum atomic E-state index is -1.08. The number of nitrogens with one attached hydrogen (secondary N) is 2. The third-order valence-corrected chi connectivity index (χ3v) is 5.06. The second-order valence-electron chi connectivity index (χ2n) is 7.13. The number of aromatic carboxylic acids is 1. The molecule has 8 nitrogen and oxygen atoms in total. The van der Waals surface area contributed by atoms with Gasteiger partial charge in [0.05, 0.1) is 26.2 Å². The van der Waals surface area contributed by atoms with E-state index in [9.17, 15) is 14.7 Å². The number of fused-ring (bicyclic) bond motifs is 1. The van der Waals surface area contributed by atoms with Crippen molar-refractivity contribution in [1.82, 2.24) is 10.2 Å². The Morgan fingerprint density at radius 1 is 0.969 bits per heavy atom. The number of hydrogen-bond donors (Lipinski definition) is 3. The third-order valence-electron chi connectivity index (χ3n) is 5.06. The summed E-state index contributed by atoms with van der Waals surface area (Å²) in [4.78, 5) is 23.8. The maximum atomic E-state index is 12.6. The fraction of sp³-hybridized carbons (Fsp3) is 0.125. The summed E-state index contributed by atoms with van der Waals surface area (Å²) in [6.45, 7) is 0. The van der Waals surface area contributed by atoms with Crippen LogP contribution in [-0.2, 0) is 11.2 Å². The highest BCUT2D eigenvalue weighted by atomic mass is 16.5. The van der Waals surface area contributed by atoms with Crippen LogP contribution >= 0.6 is 0 Å². The molecule has 1 aromatic heterocycles. The topological polar surface area (TPSA) is 114 Å². The first-order valence-corrected chi connectivity index (χ1v) is 9.81. The number of rotatable bonds is 7. The van der Waals surface area contributed by atoms with Crippen molar-refractivity contribution in [3.05, 3.63) is 71.9 Å². The molecule has 0 aliphatic rings. The number of amides is 1. The van der Waals surface area contributed by atoms with E-state index in [0.717, 1.165) is 16.7 Å². The Kier molecular flexibility index (Phi) is 5.76. The van der Waals surface area contributed by atoms with Crippen molar-refractivity contribution in [2.75, 3.05) is 19.5 Å². The van der Waals surface area contributed by atoms with Crippen molar-refractivity contribution >= 4 is 28.5 Å². The Morgan fingerprint density at radius 3 is 2.50 bits per heavy atom. The summed E-state index contributed by atoms with van der Waals surface area (Å²) in [6.07, 6.45) is 0.183. The van der Waals surface area contributed by atoms with E-state index in [2.05, 4.69) is 15.5 Å². The van der Waals surface area contributed by atoms with Gasteiger partial charge in [0, 0.05) is 11.1 Å². The molecule has 32 heavy (non-hydrogen) atoms. The normalized spacial score (nSPS) is 10.7. The fourth-order valence-corrected chi connectivity index (χ4v) is 3.52. The van der Waals surface area contributed by atoms with Crippen LogP contribution in [0.25, 0.3) is 22.0 Å². The summed E-state index contributed by atoms with van der Waals surface area (Å²) in [6, 6.07) is 18.2. The molecule has 3 aromatic carbocycles. The van der Waals surface area contributed by atoms with Gasteiger partial charge in [0.15, 0.2) is 17.2 Å². The van der Waals surface area contributed by atoms with Crippen LogP contribution in [0.15, 0.2) is 60.7 Å². The van der Waals surface area contributed by atoms with Gasteiger partial charge in [-0.25, -0.2) is 4.79 Å². The van der Waals surface area contributed by atoms with Crippen molar-refractivity contribution in [2.45, 2.75) is 6.42 Å². The summed E-state index contributed by atoms with van der Waals surface area (Å²) in [5.41, 5.74) is 3.82. The third kappa shape index (κ3) is 4.24. The maximum absolute atomic E-state index is 12.6. The largest absolute Gasteiger partial charge is 0.493 e. The molecule has 4 aromatic rings. The average molecular weight is 431 g/mol. The van der Waals surface area contributed by atoms with Gasteiger partial charge >= 0.3 is 5.97 Å². The van der Waals surface area contributed by atoms with Crippen LogP contribution in [0, 0.1) is 0 Å². The van der Waals surface area contributed by atoms with Crippen LogP contribution in [0.2, 0.25) is 0 Å². The molecule has 0 saturated carbocycles. The molecule has 3 N–H and O–H groups in total. The number of carbonyl (C=O) groups excluding carboxylic acids is 1. The zero-order valence-electron chi connectivity index (χ0n) is 17.5. The minimum Gasteiger partial charge on any atom is -0.493 e. The highest BCUT2D eigenvalue weighted by molar-refractivity contribution is 6.02. The van der Waals surface area contributed by atoms with Gasteiger partial charge in [-0.05, 0) is 53.1 Å². The number of aromatic nitrogens is 2. The first-order valence-electron chi connectivity index (χ1n) is 9.81. The molecule has 0 fully saturated rings. The van der Waals surface area contributed by atoms with Crippen molar-refractivity contribution in [1.29, 1.82) is 0 Å². The summed E-state index contributed by atoms with van der Waals surface area (Å²) in [5.74, 6) is -0.0678. The molecular weight excluding hydrogens is 410 g/mol. The Morgan fingerprint density at radius 2 is 1.75 bits per heavy atom. The van der Waals surface area contributed by atoms with Gasteiger partial charge < -0.3 is 19.9 Å². The smallest absolute Gasteiger partial charge is 0.357 e. The fourth-order valence-electron chi connectivity index (χ4n) is 3.52. The van der Waals surface area contributed by atoms with E-state index >= 15 is 0 Å². The molecule has 1 amide bonds. The lowest BCUT2D eigenvalue weighted by Gasteiger charge is -2.11. The average Bonchev–Trinajstić information content (AvgIpc) is 3.22. The van der Waals surface area contributed by atoms with Crippen molar-refractivity contribution < 1.29 is 24.2 Å². The van der Waals surface area contributed by atoms with Gasteiger partial charge in [0.2, 0.25) is 5.91 Å². The number of nitrogens with zero attached hydrogens (tertiary/aromatic N) is 1. The number of carbonyl (C=O) groups is 2. The van der Waals surface area contributed by atoms with E-state index in [4.69, 9.17) is 9.47 Å². The molecule has 0 saturated heterocycles. The zero-order valence-corrected chi connectivity index (χ0v) is 17.5. The minimum absolute atomic E-state index is 0.0114. The molecule has 0 aliphatic carbocycles. The summed E-state index contributed by atoms with van der Waals surface area (Å²) in [7, 11) is 3.11. The molecule has 0 bridgehead atoms. The molecule has 0 unspecified atom stereocenters. The predicted octanol–water partition coefficient (Wildman–Crippen LogP) is 4.13. The van der Waals surface area contributed by atoms with E-state index in [1.807, 2.05) is 42.5 Å². The van der Waals surface area contributed by atoms with Crippen molar-refractivity contribution in [3.8, 4) is 22.6 Å². The Hall–Kier alpha value is -4.33. The van der Waals surface area contributed by atoms with Gasteiger partial charge in [-0.1, -0.05) is 24.3 Å². The lowest BCUT2D eigenvalue weighted by molar-refractivity contribution is -0.115. The number of H-pyrrole nitrogens is 1. The quantitative estimate of drug-likeness (QED) is 0.406. The Labute approximate surface area is 183 Å². The lowest BCUT2D eigenvalue weighted by atomic mass is 10.0. The number of carboxylic acids is 1. The van der Waals surface area contributed by atoms with Gasteiger partial charge in [0.1, 0.15) is 0 Å². The van der Waals surface area contributed by atoms with E-state index in [1.54, 1.807) is 32.4 Å². The summed E-state index contributed by atoms with van der Waals surface area (Å²) < 4.78 is 10.5. The molecule has 0 atom stereocenters. The molecule has 0 spiro atoms. The van der Waals surface area contributed by atoms with Crippen LogP contribution in [0.3, 0.4) is 0 Å². The van der Waals surface area contributed by atoms with Crippen LogP contribution in [-0.4, -0.2) is 41.4 Å². The van der Waals surface area contributed by atoms with Crippen LogP contribution in [0.5, 0.6) is 11.5 Å². The standard InChI is InChI=1S/C24H21N3O5/c1-31-20-9-6-14(10-21(20)32-2)11-22(28)25-17-5-3-4-15(12-17)16-7-8-18-19(13-16)26-27-23(18)24(29)30/h3-10,12-13H,11H2,1-2H3,(H,25,28)(H,26,27)(H,29,30). The van der Waals surface area contributed by atoms with E-state index in [-0.39, 0.29) is 18.0 Å². The first kappa shape index (κ1) is 20.9. The van der Waals surface area contributed by atoms with Crippen molar-refractivity contribution in [3.63, 3.8) is 0 Å². The highest BCUT2D eigenvalue weighted by Gasteiger charge is 2.13. The monoisotopic (exact) mass is 431 g/mol. The Bertz CT molecular complexity index is 1310. The van der Waals surface area contributed by atoms with E-state index in [1.165, 1.54) is 0 Å². The van der Waals surface area contributed by atoms with Crippen LogP contribution in [0.1, 0.15) is 16.1 Å². The SMILES string of the molecule is COc1ccc(CC(=O)Nc2cccc(-c3ccc4c(C(=O)O)n[nH]c4c3)c2)cc1OC. The lowest BCUT2D eigenvalue weighted by Crippen LogP contribution is -2.14. The van der Waals surface area contributed by atoms with Gasteiger partial charge in [-0.3, -0.25) is 9.89 Å².